The Hall–Kier alpha value is -1.03. The summed E-state index contributed by atoms with van der Waals surface area (Å²) in [4.78, 5) is 11.3. The van der Waals surface area contributed by atoms with Crippen molar-refractivity contribution < 1.29 is 9.90 Å². The van der Waals surface area contributed by atoms with Crippen LogP contribution in [0.2, 0.25) is 0 Å². The van der Waals surface area contributed by atoms with Crippen molar-refractivity contribution in [2.75, 3.05) is 0 Å². The van der Waals surface area contributed by atoms with E-state index in [2.05, 4.69) is 5.01 Å². The lowest BCUT2D eigenvalue weighted by Crippen LogP contribution is -2.42. The molecule has 0 aromatic heterocycles. The predicted molar refractivity (Wildman–Crippen MR) is 89.0 cm³/mol. The lowest BCUT2D eigenvalue weighted by atomic mass is 9.83. The average Bonchev–Trinajstić information content (AvgIpc) is 2.53. The van der Waals surface area contributed by atoms with Gasteiger partial charge in [0.1, 0.15) is 0 Å². The van der Waals surface area contributed by atoms with Crippen molar-refractivity contribution in [3.05, 3.63) is 11.3 Å². The van der Waals surface area contributed by atoms with Gasteiger partial charge in [-0.25, -0.2) is 5.84 Å². The number of allylic oxidation sites excluding steroid dienone is 2. The Morgan fingerprint density at radius 1 is 1.18 bits per heavy atom. The first-order valence-electron chi connectivity index (χ1n) is 8.90. The lowest BCUT2D eigenvalue weighted by Gasteiger charge is -2.37. The minimum atomic E-state index is -0.706. The molecule has 0 spiro atoms. The highest BCUT2D eigenvalue weighted by Crippen LogP contribution is 2.35. The fraction of sp³-hybridized carbons (Fsp3) is 0.833. The van der Waals surface area contributed by atoms with Crippen molar-refractivity contribution in [1.29, 1.82) is 0 Å². The molecule has 1 saturated carbocycles. The molecule has 1 fully saturated rings. The monoisotopic (exact) mass is 308 g/mol. The number of aliphatic carboxylic acids is 1. The van der Waals surface area contributed by atoms with Crippen molar-refractivity contribution in [1.82, 2.24) is 5.01 Å². The summed E-state index contributed by atoms with van der Waals surface area (Å²) in [6.07, 6.45) is 12.5. The fourth-order valence-electron chi connectivity index (χ4n) is 3.68. The largest absolute Gasteiger partial charge is 0.481 e. The van der Waals surface area contributed by atoms with Gasteiger partial charge in [0.25, 0.3) is 0 Å². The Kier molecular flexibility index (Phi) is 5.90. The smallest absolute Gasteiger partial charge is 0.309 e. The predicted octanol–water partition coefficient (Wildman–Crippen LogP) is 4.21. The summed E-state index contributed by atoms with van der Waals surface area (Å²) in [5.74, 6) is 5.77. The molecule has 0 unspecified atom stereocenters. The van der Waals surface area contributed by atoms with E-state index in [4.69, 9.17) is 5.84 Å². The zero-order valence-electron chi connectivity index (χ0n) is 14.2. The van der Waals surface area contributed by atoms with Crippen LogP contribution in [0.3, 0.4) is 0 Å². The third-order valence-corrected chi connectivity index (χ3v) is 5.46. The number of carboxylic acids is 1. The highest BCUT2D eigenvalue weighted by atomic mass is 16.4. The van der Waals surface area contributed by atoms with E-state index >= 15 is 0 Å². The van der Waals surface area contributed by atoms with Gasteiger partial charge in [0.2, 0.25) is 0 Å². The molecule has 0 aliphatic heterocycles. The number of rotatable bonds is 6. The van der Waals surface area contributed by atoms with Gasteiger partial charge in [0, 0.05) is 11.7 Å². The van der Waals surface area contributed by atoms with Crippen LogP contribution < -0.4 is 5.84 Å². The molecule has 2 aliphatic carbocycles. The van der Waals surface area contributed by atoms with Crippen LogP contribution in [0.1, 0.15) is 84.5 Å². The number of nitrogens with two attached hydrogens (primary N) is 1. The van der Waals surface area contributed by atoms with Gasteiger partial charge in [-0.2, -0.15) is 0 Å². The molecular formula is C18H32N2O2. The normalized spacial score (nSPS) is 21.0. The Bertz CT molecular complexity index is 423. The van der Waals surface area contributed by atoms with Gasteiger partial charge < -0.3 is 10.1 Å². The van der Waals surface area contributed by atoms with E-state index in [9.17, 15) is 9.90 Å². The molecule has 0 atom stereocenters. The van der Waals surface area contributed by atoms with Crippen molar-refractivity contribution >= 4 is 5.97 Å². The summed E-state index contributed by atoms with van der Waals surface area (Å²) in [6.45, 7) is 3.64. The first kappa shape index (κ1) is 17.3. The lowest BCUT2D eigenvalue weighted by molar-refractivity contribution is -0.147. The van der Waals surface area contributed by atoms with Crippen molar-refractivity contribution in [2.45, 2.75) is 90.5 Å². The number of carbonyl (C=O) groups is 1. The summed E-state index contributed by atoms with van der Waals surface area (Å²) in [5.41, 5.74) is 2.08. The van der Waals surface area contributed by atoms with Gasteiger partial charge in [0.15, 0.2) is 0 Å². The van der Waals surface area contributed by atoms with E-state index < -0.39 is 11.4 Å². The molecule has 0 saturated heterocycles. The van der Waals surface area contributed by atoms with Crippen molar-refractivity contribution in [3.63, 3.8) is 0 Å². The SMILES string of the molecule is CC(C)(CCC1=C(N(N)C2CCCCC2)CCCC1)C(=O)O. The van der Waals surface area contributed by atoms with E-state index in [1.165, 1.54) is 56.2 Å². The second-order valence-electron chi connectivity index (χ2n) is 7.65. The maximum Gasteiger partial charge on any atom is 0.309 e. The van der Waals surface area contributed by atoms with Crippen LogP contribution in [0.25, 0.3) is 0 Å². The Balaban J connectivity index is 2.06. The fourth-order valence-corrected chi connectivity index (χ4v) is 3.68. The number of hydrazine groups is 1. The van der Waals surface area contributed by atoms with Crippen LogP contribution in [0.4, 0.5) is 0 Å². The number of carboxylic acid groups (broad SMARTS) is 1. The van der Waals surface area contributed by atoms with Gasteiger partial charge in [-0.05, 0) is 70.8 Å². The molecule has 0 aromatic carbocycles. The maximum atomic E-state index is 11.3. The summed E-state index contributed by atoms with van der Waals surface area (Å²) < 4.78 is 0. The topological polar surface area (TPSA) is 66.6 Å². The molecule has 4 nitrogen and oxygen atoms in total. The zero-order valence-corrected chi connectivity index (χ0v) is 14.2. The highest BCUT2D eigenvalue weighted by Gasteiger charge is 2.29. The molecule has 22 heavy (non-hydrogen) atoms. The van der Waals surface area contributed by atoms with Crippen LogP contribution in [0, 0.1) is 5.41 Å². The second-order valence-corrected chi connectivity index (χ2v) is 7.65. The standard InChI is InChI=1S/C18H32N2O2/c1-18(2,17(21)22)13-12-14-8-6-7-11-16(14)20(19)15-9-4-3-5-10-15/h15H,3-13,19H2,1-2H3,(H,21,22). The second kappa shape index (κ2) is 7.49. The van der Waals surface area contributed by atoms with Crippen LogP contribution in [0.15, 0.2) is 11.3 Å². The van der Waals surface area contributed by atoms with Gasteiger partial charge in [-0.3, -0.25) is 4.79 Å². The Morgan fingerprint density at radius 2 is 1.82 bits per heavy atom. The molecule has 0 heterocycles. The van der Waals surface area contributed by atoms with Crippen LogP contribution in [0.5, 0.6) is 0 Å². The molecule has 126 valence electrons. The van der Waals surface area contributed by atoms with E-state index in [0.717, 1.165) is 19.3 Å². The van der Waals surface area contributed by atoms with Crippen LogP contribution >= 0.6 is 0 Å². The van der Waals surface area contributed by atoms with Gasteiger partial charge in [-0.1, -0.05) is 19.3 Å². The molecule has 4 heteroatoms. The number of hydrogen-bond donors (Lipinski definition) is 2. The summed E-state index contributed by atoms with van der Waals surface area (Å²) >= 11 is 0. The average molecular weight is 308 g/mol. The third-order valence-electron chi connectivity index (χ3n) is 5.46. The zero-order chi connectivity index (χ0) is 16.2. The molecule has 0 radical (unpaired) electrons. The molecule has 3 N–H and O–H groups in total. The van der Waals surface area contributed by atoms with E-state index in [1.54, 1.807) is 0 Å². The Morgan fingerprint density at radius 3 is 2.45 bits per heavy atom. The molecular weight excluding hydrogens is 276 g/mol. The number of hydrogen-bond acceptors (Lipinski definition) is 3. The van der Waals surface area contributed by atoms with Crippen LogP contribution in [-0.2, 0) is 4.79 Å². The Labute approximate surface area is 134 Å². The first-order chi connectivity index (χ1) is 10.4. The molecule has 0 bridgehead atoms. The molecule has 0 amide bonds. The van der Waals surface area contributed by atoms with Gasteiger partial charge in [-0.15, -0.1) is 0 Å². The van der Waals surface area contributed by atoms with Crippen LogP contribution in [-0.4, -0.2) is 22.1 Å². The van der Waals surface area contributed by atoms with E-state index in [-0.39, 0.29) is 0 Å². The quantitative estimate of drug-likeness (QED) is 0.569. The van der Waals surface area contributed by atoms with Crippen molar-refractivity contribution in [2.24, 2.45) is 11.3 Å². The third kappa shape index (κ3) is 4.25. The van der Waals surface area contributed by atoms with Gasteiger partial charge >= 0.3 is 5.97 Å². The summed E-state index contributed by atoms with van der Waals surface area (Å²) in [5, 5.41) is 11.4. The van der Waals surface area contributed by atoms with E-state index in [0.29, 0.717) is 12.5 Å². The molecule has 2 aliphatic rings. The van der Waals surface area contributed by atoms with E-state index in [1.807, 2.05) is 13.8 Å². The summed E-state index contributed by atoms with van der Waals surface area (Å²) in [6, 6.07) is 0.490. The minimum absolute atomic E-state index is 0.490. The minimum Gasteiger partial charge on any atom is -0.481 e. The van der Waals surface area contributed by atoms with Gasteiger partial charge in [0.05, 0.1) is 5.41 Å². The molecule has 2 rings (SSSR count). The number of nitrogens with zero attached hydrogens (tertiary/aromatic N) is 1. The highest BCUT2D eigenvalue weighted by molar-refractivity contribution is 5.73. The summed E-state index contributed by atoms with van der Waals surface area (Å²) in [7, 11) is 0. The van der Waals surface area contributed by atoms with Crippen molar-refractivity contribution in [3.8, 4) is 0 Å². The molecule has 0 aromatic rings. The maximum absolute atomic E-state index is 11.3. The first-order valence-corrected chi connectivity index (χ1v) is 8.90.